The molecule has 0 saturated carbocycles. The molecule has 0 radical (unpaired) electrons. The van der Waals surface area contributed by atoms with Crippen molar-refractivity contribution in [2.24, 2.45) is 0 Å². The second-order valence-corrected chi connectivity index (χ2v) is 8.49. The van der Waals surface area contributed by atoms with E-state index < -0.39 is 10.0 Å². The number of amides is 1. The molecular weight excluding hydrogens is 324 g/mol. The number of aryl methyl sites for hydroxylation is 1. The molecule has 1 aliphatic heterocycles. The molecule has 2 rings (SSSR count). The maximum Gasteiger partial charge on any atom is 0.261 e. The molecule has 6 nitrogen and oxygen atoms in total. The summed E-state index contributed by atoms with van der Waals surface area (Å²) < 4.78 is 31.9. The van der Waals surface area contributed by atoms with Crippen LogP contribution in [0.3, 0.4) is 0 Å². The van der Waals surface area contributed by atoms with E-state index in [-0.39, 0.29) is 16.8 Å². The van der Waals surface area contributed by atoms with Crippen LogP contribution in [0, 0.1) is 6.92 Å². The number of hydrogen-bond acceptors (Lipinski definition) is 5. The summed E-state index contributed by atoms with van der Waals surface area (Å²) in [5.41, 5.74) is 0. The van der Waals surface area contributed by atoms with E-state index in [0.29, 0.717) is 36.1 Å². The number of carbonyl (C=O) groups is 1. The minimum Gasteiger partial charge on any atom is -0.379 e. The molecule has 1 aromatic heterocycles. The molecule has 1 amide bonds. The van der Waals surface area contributed by atoms with E-state index in [1.54, 1.807) is 6.92 Å². The quantitative estimate of drug-likeness (QED) is 0.879. The summed E-state index contributed by atoms with van der Waals surface area (Å²) in [7, 11) is -3.56. The first-order chi connectivity index (χ1) is 10.4. The summed E-state index contributed by atoms with van der Waals surface area (Å²) in [4.78, 5) is 13.5. The lowest BCUT2D eigenvalue weighted by molar-refractivity contribution is 0.0730. The van der Waals surface area contributed by atoms with Gasteiger partial charge in [0.15, 0.2) is 0 Å². The first-order valence-corrected chi connectivity index (χ1v) is 9.61. The molecule has 0 bridgehead atoms. The molecule has 1 saturated heterocycles. The third-order valence-electron chi connectivity index (χ3n) is 3.67. The van der Waals surface area contributed by atoms with Gasteiger partial charge in [-0.25, -0.2) is 8.42 Å². The zero-order valence-corrected chi connectivity index (χ0v) is 14.7. The summed E-state index contributed by atoms with van der Waals surface area (Å²) in [5, 5.41) is 2.86. The molecule has 8 heteroatoms. The molecule has 1 aromatic rings. The van der Waals surface area contributed by atoms with E-state index >= 15 is 0 Å². The lowest BCUT2D eigenvalue weighted by Gasteiger charge is -2.25. The third kappa shape index (κ3) is 3.68. The highest BCUT2D eigenvalue weighted by Gasteiger charge is 2.30. The summed E-state index contributed by atoms with van der Waals surface area (Å²) in [5.74, 6) is -0.217. The van der Waals surface area contributed by atoms with Gasteiger partial charge in [-0.1, -0.05) is 6.92 Å². The van der Waals surface area contributed by atoms with Crippen LogP contribution in [0.1, 0.15) is 34.8 Å². The number of nitrogens with zero attached hydrogens (tertiary/aromatic N) is 1. The van der Waals surface area contributed by atoms with E-state index in [1.165, 1.54) is 21.7 Å². The number of hydrogen-bond donors (Lipinski definition) is 1. The summed E-state index contributed by atoms with van der Waals surface area (Å²) in [6.45, 7) is 7.16. The number of sulfonamides is 1. The van der Waals surface area contributed by atoms with Crippen LogP contribution in [0.4, 0.5) is 0 Å². The summed E-state index contributed by atoms with van der Waals surface area (Å²) in [6, 6.07) is 1.55. The number of carbonyl (C=O) groups excluding carboxylic acids is 1. The van der Waals surface area contributed by atoms with Crippen molar-refractivity contribution in [2.45, 2.75) is 38.1 Å². The van der Waals surface area contributed by atoms with Gasteiger partial charge in [0.05, 0.1) is 23.0 Å². The Kier molecular flexibility index (Phi) is 5.60. The minimum atomic E-state index is -3.56. The van der Waals surface area contributed by atoms with E-state index in [0.717, 1.165) is 6.42 Å². The van der Waals surface area contributed by atoms with Crippen LogP contribution in [-0.4, -0.2) is 51.0 Å². The van der Waals surface area contributed by atoms with E-state index in [9.17, 15) is 13.2 Å². The maximum absolute atomic E-state index is 12.7. The van der Waals surface area contributed by atoms with Crippen LogP contribution < -0.4 is 5.32 Å². The minimum absolute atomic E-state index is 0.0641. The predicted molar refractivity (Wildman–Crippen MR) is 85.9 cm³/mol. The van der Waals surface area contributed by atoms with Crippen molar-refractivity contribution in [1.29, 1.82) is 0 Å². The van der Waals surface area contributed by atoms with Gasteiger partial charge in [-0.2, -0.15) is 4.31 Å². The molecule has 22 heavy (non-hydrogen) atoms. The fraction of sp³-hybridized carbons (Fsp3) is 0.643. The van der Waals surface area contributed by atoms with Crippen LogP contribution in [0.2, 0.25) is 0 Å². The number of nitrogens with one attached hydrogen (secondary N) is 1. The normalized spacial score (nSPS) is 18.1. The molecule has 1 fully saturated rings. The highest BCUT2D eigenvalue weighted by Crippen LogP contribution is 2.28. The van der Waals surface area contributed by atoms with Crippen LogP contribution in [0.5, 0.6) is 0 Å². The Morgan fingerprint density at radius 2 is 2.09 bits per heavy atom. The Hall–Kier alpha value is -0.960. The SMILES string of the molecule is CCC(C)NC(=O)c1cc(S(=O)(=O)N2CCOCC2)c(C)s1. The Morgan fingerprint density at radius 3 is 2.68 bits per heavy atom. The van der Waals surface area contributed by atoms with Gasteiger partial charge in [-0.3, -0.25) is 4.79 Å². The summed E-state index contributed by atoms with van der Waals surface area (Å²) in [6.07, 6.45) is 0.828. The van der Waals surface area contributed by atoms with Crippen LogP contribution in [0.15, 0.2) is 11.0 Å². The monoisotopic (exact) mass is 346 g/mol. The van der Waals surface area contributed by atoms with Crippen molar-refractivity contribution in [3.05, 3.63) is 15.8 Å². The Morgan fingerprint density at radius 1 is 1.45 bits per heavy atom. The van der Waals surface area contributed by atoms with Gasteiger partial charge in [0.1, 0.15) is 0 Å². The van der Waals surface area contributed by atoms with Gasteiger partial charge in [0, 0.05) is 24.0 Å². The summed E-state index contributed by atoms with van der Waals surface area (Å²) >= 11 is 1.22. The molecule has 2 heterocycles. The van der Waals surface area contributed by atoms with E-state index in [2.05, 4.69) is 5.32 Å². The molecule has 1 unspecified atom stereocenters. The fourth-order valence-corrected chi connectivity index (χ4v) is 5.03. The van der Waals surface area contributed by atoms with Gasteiger partial charge in [0.25, 0.3) is 5.91 Å². The van der Waals surface area contributed by atoms with E-state index in [1.807, 2.05) is 13.8 Å². The first-order valence-electron chi connectivity index (χ1n) is 7.35. The Bertz CT molecular complexity index is 633. The highest BCUT2D eigenvalue weighted by molar-refractivity contribution is 7.89. The van der Waals surface area contributed by atoms with Crippen LogP contribution in [-0.2, 0) is 14.8 Å². The zero-order chi connectivity index (χ0) is 16.3. The maximum atomic E-state index is 12.7. The molecule has 1 N–H and O–H groups in total. The van der Waals surface area contributed by atoms with Crippen LogP contribution >= 0.6 is 11.3 Å². The van der Waals surface area contributed by atoms with Crippen molar-refractivity contribution in [2.75, 3.05) is 26.3 Å². The largest absolute Gasteiger partial charge is 0.379 e. The van der Waals surface area contributed by atoms with Crippen molar-refractivity contribution in [1.82, 2.24) is 9.62 Å². The highest BCUT2D eigenvalue weighted by atomic mass is 32.2. The van der Waals surface area contributed by atoms with Crippen molar-refractivity contribution < 1.29 is 17.9 Å². The standard InChI is InChI=1S/C14H22N2O4S2/c1-4-10(2)15-14(17)12-9-13(11(3)21-12)22(18,19)16-5-7-20-8-6-16/h9-10H,4-8H2,1-3H3,(H,15,17). The molecule has 124 valence electrons. The van der Waals surface area contributed by atoms with Gasteiger partial charge in [-0.05, 0) is 26.3 Å². The topological polar surface area (TPSA) is 75.7 Å². The third-order valence-corrected chi connectivity index (χ3v) is 6.88. The van der Waals surface area contributed by atoms with Gasteiger partial charge in [-0.15, -0.1) is 11.3 Å². The molecule has 1 atom stereocenters. The lowest BCUT2D eigenvalue weighted by atomic mass is 10.2. The fourth-order valence-electron chi connectivity index (χ4n) is 2.16. The van der Waals surface area contributed by atoms with Crippen LogP contribution in [0.25, 0.3) is 0 Å². The predicted octanol–water partition coefficient (Wildman–Crippen LogP) is 1.61. The lowest BCUT2D eigenvalue weighted by Crippen LogP contribution is -2.40. The van der Waals surface area contributed by atoms with E-state index in [4.69, 9.17) is 4.74 Å². The zero-order valence-electron chi connectivity index (χ0n) is 13.1. The second kappa shape index (κ2) is 7.08. The Labute approximate surface area is 135 Å². The molecular formula is C14H22N2O4S2. The number of rotatable bonds is 5. The average Bonchev–Trinajstić information content (AvgIpc) is 2.91. The molecule has 0 aliphatic carbocycles. The first kappa shape index (κ1) is 17.4. The van der Waals surface area contributed by atoms with Gasteiger partial charge >= 0.3 is 0 Å². The number of morpholine rings is 1. The number of ether oxygens (including phenoxy) is 1. The second-order valence-electron chi connectivity index (χ2n) is 5.33. The Balaban J connectivity index is 2.23. The van der Waals surface area contributed by atoms with Crippen molar-refractivity contribution in [3.63, 3.8) is 0 Å². The average molecular weight is 346 g/mol. The van der Waals surface area contributed by atoms with Crippen molar-refractivity contribution in [3.8, 4) is 0 Å². The molecule has 0 aromatic carbocycles. The van der Waals surface area contributed by atoms with Crippen molar-refractivity contribution >= 4 is 27.3 Å². The smallest absolute Gasteiger partial charge is 0.261 e. The molecule has 1 aliphatic rings. The molecule has 0 spiro atoms. The van der Waals surface area contributed by atoms with Gasteiger partial charge in [0.2, 0.25) is 10.0 Å². The van der Waals surface area contributed by atoms with Gasteiger partial charge < -0.3 is 10.1 Å². The number of thiophene rings is 1.